The van der Waals surface area contributed by atoms with Crippen LogP contribution in [0.25, 0.3) is 10.8 Å². The minimum Gasteiger partial charge on any atom is -0.494 e. The molecule has 218 valence electrons. The van der Waals surface area contributed by atoms with Crippen LogP contribution < -0.4 is 15.0 Å². The van der Waals surface area contributed by atoms with Crippen molar-refractivity contribution in [2.75, 3.05) is 43.5 Å². The van der Waals surface area contributed by atoms with Crippen LogP contribution in [-0.4, -0.2) is 64.4 Å². The van der Waals surface area contributed by atoms with Crippen molar-refractivity contribution in [3.63, 3.8) is 0 Å². The summed E-state index contributed by atoms with van der Waals surface area (Å²) in [4.78, 5) is 21.8. The van der Waals surface area contributed by atoms with E-state index < -0.39 is 0 Å². The van der Waals surface area contributed by atoms with Gasteiger partial charge in [-0.3, -0.25) is 4.79 Å². The number of halogens is 2. The quantitative estimate of drug-likeness (QED) is 0.219. The van der Waals surface area contributed by atoms with Gasteiger partial charge < -0.3 is 25.0 Å². The first-order valence-corrected chi connectivity index (χ1v) is 14.5. The molecule has 3 heterocycles. The third-order valence-electron chi connectivity index (χ3n) is 7.49. The van der Waals surface area contributed by atoms with Gasteiger partial charge in [0.2, 0.25) is 5.88 Å². The topological polar surface area (TPSA) is 104 Å². The Bertz CT molecular complexity index is 1780. The van der Waals surface area contributed by atoms with E-state index in [9.17, 15) is 9.90 Å². The second kappa shape index (κ2) is 12.3. The number of benzene rings is 3. The summed E-state index contributed by atoms with van der Waals surface area (Å²) in [5, 5.41) is 23.8. The van der Waals surface area contributed by atoms with E-state index in [1.807, 2.05) is 59.5 Å². The summed E-state index contributed by atoms with van der Waals surface area (Å²) in [7, 11) is 1.60. The zero-order valence-corrected chi connectivity index (χ0v) is 24.8. The number of pyridine rings is 1. The van der Waals surface area contributed by atoms with E-state index in [0.29, 0.717) is 81.9 Å². The van der Waals surface area contributed by atoms with Crippen LogP contribution in [0.1, 0.15) is 21.6 Å². The highest BCUT2D eigenvalue weighted by Gasteiger charge is 2.23. The lowest BCUT2D eigenvalue weighted by atomic mass is 10.1. The molecule has 6 rings (SSSR count). The lowest BCUT2D eigenvalue weighted by Gasteiger charge is -2.36. The van der Waals surface area contributed by atoms with E-state index in [1.165, 1.54) is 0 Å². The van der Waals surface area contributed by atoms with Crippen LogP contribution in [0.5, 0.6) is 11.6 Å². The van der Waals surface area contributed by atoms with Gasteiger partial charge in [0.15, 0.2) is 0 Å². The lowest BCUT2D eigenvalue weighted by molar-refractivity contribution is 0.0746. The standard InChI is InChI=1S/C32H28Cl2N6O3/c1-43-28-18-23(39-12-14-40(15-13-39)32(42)20-6-3-2-4-7-20)10-11-27(28)37-30-29-21(19-35-38-31(29)41)16-22(36-30)17-24-25(33)8-5-9-26(24)34/h2-11,16,18-19H,12-15,17H2,1H3,(H,36,37)(H,38,41). The number of aromatic hydroxyl groups is 1. The molecular formula is C32H28Cl2N6O3. The van der Waals surface area contributed by atoms with Crippen molar-refractivity contribution in [1.82, 2.24) is 20.1 Å². The number of carbonyl (C=O) groups excluding carboxylic acids is 1. The molecule has 3 aromatic carbocycles. The van der Waals surface area contributed by atoms with Gasteiger partial charge >= 0.3 is 0 Å². The smallest absolute Gasteiger partial charge is 0.253 e. The fourth-order valence-electron chi connectivity index (χ4n) is 5.25. The van der Waals surface area contributed by atoms with E-state index in [0.717, 1.165) is 11.3 Å². The first-order valence-electron chi connectivity index (χ1n) is 13.7. The molecule has 0 spiro atoms. The van der Waals surface area contributed by atoms with E-state index in [4.69, 9.17) is 32.9 Å². The molecule has 2 aromatic heterocycles. The number of amides is 1. The van der Waals surface area contributed by atoms with Crippen LogP contribution >= 0.6 is 23.2 Å². The first-order chi connectivity index (χ1) is 20.9. The number of hydrogen-bond acceptors (Lipinski definition) is 8. The molecule has 11 heteroatoms. The molecule has 1 saturated heterocycles. The SMILES string of the molecule is COc1cc(N2CCN(C(=O)c3ccccc3)CC2)ccc1Nc1nc(Cc2c(Cl)cccc2Cl)cc2cnnc(O)c12. The minimum atomic E-state index is -0.242. The first kappa shape index (κ1) is 28.5. The van der Waals surface area contributed by atoms with Gasteiger partial charge in [-0.25, -0.2) is 4.98 Å². The average molecular weight is 616 g/mol. The maximum atomic E-state index is 12.9. The number of ether oxygens (including phenoxy) is 1. The number of rotatable bonds is 7. The number of carbonyl (C=O) groups is 1. The average Bonchev–Trinajstić information content (AvgIpc) is 3.03. The normalized spacial score (nSPS) is 13.3. The third kappa shape index (κ3) is 6.00. The number of methoxy groups -OCH3 is 1. The molecule has 0 atom stereocenters. The van der Waals surface area contributed by atoms with Crippen molar-refractivity contribution in [2.24, 2.45) is 0 Å². The number of nitrogens with zero attached hydrogens (tertiary/aromatic N) is 5. The van der Waals surface area contributed by atoms with Crippen molar-refractivity contribution < 1.29 is 14.6 Å². The van der Waals surface area contributed by atoms with Crippen LogP contribution in [0, 0.1) is 0 Å². The Morgan fingerprint density at radius 2 is 1.72 bits per heavy atom. The summed E-state index contributed by atoms with van der Waals surface area (Å²) in [6.07, 6.45) is 1.95. The molecule has 1 fully saturated rings. The van der Waals surface area contributed by atoms with Crippen molar-refractivity contribution in [1.29, 1.82) is 0 Å². The zero-order valence-electron chi connectivity index (χ0n) is 23.3. The minimum absolute atomic E-state index is 0.0454. The number of anilines is 3. The van der Waals surface area contributed by atoms with Gasteiger partial charge in [-0.1, -0.05) is 47.5 Å². The molecule has 2 N–H and O–H groups in total. The van der Waals surface area contributed by atoms with Crippen LogP contribution in [0.3, 0.4) is 0 Å². The largest absolute Gasteiger partial charge is 0.494 e. The highest BCUT2D eigenvalue weighted by Crippen LogP contribution is 2.37. The molecule has 1 aliphatic rings. The summed E-state index contributed by atoms with van der Waals surface area (Å²) in [6.45, 7) is 2.63. The summed E-state index contributed by atoms with van der Waals surface area (Å²) >= 11 is 12.9. The fraction of sp³-hybridized carbons (Fsp3) is 0.188. The number of fused-ring (bicyclic) bond motifs is 1. The highest BCUT2D eigenvalue weighted by atomic mass is 35.5. The maximum Gasteiger partial charge on any atom is 0.253 e. The van der Waals surface area contributed by atoms with Crippen molar-refractivity contribution in [2.45, 2.75) is 6.42 Å². The van der Waals surface area contributed by atoms with Crippen LogP contribution in [-0.2, 0) is 6.42 Å². The summed E-state index contributed by atoms with van der Waals surface area (Å²) in [5.41, 5.74) is 3.76. The number of hydrogen-bond donors (Lipinski definition) is 2. The molecule has 43 heavy (non-hydrogen) atoms. The predicted octanol–water partition coefficient (Wildman–Crippen LogP) is 6.34. The van der Waals surface area contributed by atoms with Gasteiger partial charge in [0.05, 0.1) is 24.4 Å². The molecule has 0 aliphatic carbocycles. The van der Waals surface area contributed by atoms with Gasteiger partial charge in [0.1, 0.15) is 11.6 Å². The summed E-state index contributed by atoms with van der Waals surface area (Å²) in [6, 6.07) is 22.4. The molecule has 0 unspecified atom stereocenters. The fourth-order valence-corrected chi connectivity index (χ4v) is 5.79. The molecule has 9 nitrogen and oxygen atoms in total. The van der Waals surface area contributed by atoms with Crippen molar-refractivity contribution >= 4 is 57.1 Å². The number of piperazine rings is 1. The third-order valence-corrected chi connectivity index (χ3v) is 8.19. The van der Waals surface area contributed by atoms with Gasteiger partial charge in [0.25, 0.3) is 5.91 Å². The zero-order chi connectivity index (χ0) is 29.9. The van der Waals surface area contributed by atoms with Crippen LogP contribution in [0.15, 0.2) is 79.0 Å². The van der Waals surface area contributed by atoms with Gasteiger partial charge in [-0.2, -0.15) is 5.10 Å². The molecular weight excluding hydrogens is 587 g/mol. The van der Waals surface area contributed by atoms with Crippen molar-refractivity contribution in [3.8, 4) is 11.6 Å². The molecule has 0 bridgehead atoms. The number of nitrogens with one attached hydrogen (secondary N) is 1. The monoisotopic (exact) mass is 614 g/mol. The summed E-state index contributed by atoms with van der Waals surface area (Å²) in [5.74, 6) is 0.788. The predicted molar refractivity (Wildman–Crippen MR) is 169 cm³/mol. The van der Waals surface area contributed by atoms with Gasteiger partial charge in [-0.05, 0) is 48.0 Å². The second-order valence-electron chi connectivity index (χ2n) is 10.1. The van der Waals surface area contributed by atoms with Gasteiger partial charge in [-0.15, -0.1) is 5.10 Å². The Labute approximate surface area is 258 Å². The van der Waals surface area contributed by atoms with Crippen molar-refractivity contribution in [3.05, 3.63) is 106 Å². The second-order valence-corrected chi connectivity index (χ2v) is 10.9. The van der Waals surface area contributed by atoms with E-state index >= 15 is 0 Å². The Balaban J connectivity index is 1.25. The molecule has 1 aliphatic heterocycles. The molecule has 5 aromatic rings. The van der Waals surface area contributed by atoms with E-state index in [1.54, 1.807) is 31.5 Å². The molecule has 0 radical (unpaired) electrons. The van der Waals surface area contributed by atoms with Crippen LogP contribution in [0.4, 0.5) is 17.2 Å². The highest BCUT2D eigenvalue weighted by molar-refractivity contribution is 6.36. The Morgan fingerprint density at radius 3 is 2.44 bits per heavy atom. The Hall–Kier alpha value is -4.60. The summed E-state index contributed by atoms with van der Waals surface area (Å²) < 4.78 is 5.76. The molecule has 0 saturated carbocycles. The van der Waals surface area contributed by atoms with Crippen LogP contribution in [0.2, 0.25) is 10.0 Å². The Kier molecular flexibility index (Phi) is 8.18. The lowest BCUT2D eigenvalue weighted by Crippen LogP contribution is -2.48. The van der Waals surface area contributed by atoms with E-state index in [-0.39, 0.29) is 11.8 Å². The Morgan fingerprint density at radius 1 is 0.977 bits per heavy atom. The van der Waals surface area contributed by atoms with Gasteiger partial charge in [0, 0.05) is 71.0 Å². The van der Waals surface area contributed by atoms with E-state index in [2.05, 4.69) is 20.4 Å². The maximum absolute atomic E-state index is 12.9. The molecule has 1 amide bonds. The number of aromatic nitrogens is 3.